The van der Waals surface area contributed by atoms with Crippen LogP contribution in [-0.4, -0.2) is 27.2 Å². The van der Waals surface area contributed by atoms with Gasteiger partial charge in [0.1, 0.15) is 0 Å². The van der Waals surface area contributed by atoms with E-state index in [0.717, 1.165) is 18.4 Å². The van der Waals surface area contributed by atoms with Crippen molar-refractivity contribution < 1.29 is 14.7 Å². The molecular weight excluding hydrogens is 210 g/mol. The second-order valence-electron chi connectivity index (χ2n) is 3.93. The molecule has 6 nitrogen and oxygen atoms in total. The molecule has 1 aromatic rings. The number of aliphatic carboxylic acids is 1. The minimum Gasteiger partial charge on any atom is -0.481 e. The average Bonchev–Trinajstić information content (AvgIpc) is 2.60. The standard InChI is InChI=1S/C10H13N3O3/c1-5(14)11-9-6-3-2-4-7(10(15)16)8(6)12-13-9/h7H,2-4H2,1H3,(H,15,16)(H2,11,12,13,14). The number of nitrogens with one attached hydrogen (secondary N) is 2. The first kappa shape index (κ1) is 10.7. The van der Waals surface area contributed by atoms with Crippen molar-refractivity contribution in [3.63, 3.8) is 0 Å². The van der Waals surface area contributed by atoms with Gasteiger partial charge in [-0.1, -0.05) is 0 Å². The molecule has 6 heteroatoms. The first-order chi connectivity index (χ1) is 7.59. The zero-order valence-corrected chi connectivity index (χ0v) is 8.91. The Morgan fingerprint density at radius 2 is 2.31 bits per heavy atom. The van der Waals surface area contributed by atoms with Crippen molar-refractivity contribution in [1.82, 2.24) is 10.2 Å². The van der Waals surface area contributed by atoms with Gasteiger partial charge in [0.05, 0.1) is 11.6 Å². The molecule has 1 amide bonds. The van der Waals surface area contributed by atoms with E-state index < -0.39 is 11.9 Å². The molecule has 0 aliphatic heterocycles. The zero-order chi connectivity index (χ0) is 11.7. The molecule has 0 radical (unpaired) electrons. The lowest BCUT2D eigenvalue weighted by molar-refractivity contribution is -0.139. The van der Waals surface area contributed by atoms with Gasteiger partial charge in [0.25, 0.3) is 0 Å². The molecular formula is C10H13N3O3. The summed E-state index contributed by atoms with van der Waals surface area (Å²) < 4.78 is 0. The Hall–Kier alpha value is -1.85. The summed E-state index contributed by atoms with van der Waals surface area (Å²) in [5, 5.41) is 18.3. The van der Waals surface area contributed by atoms with E-state index >= 15 is 0 Å². The predicted molar refractivity (Wildman–Crippen MR) is 56.2 cm³/mol. The molecule has 0 aromatic carbocycles. The Morgan fingerprint density at radius 3 is 2.94 bits per heavy atom. The molecule has 1 aromatic heterocycles. The third-order valence-electron chi connectivity index (χ3n) is 2.76. The molecule has 16 heavy (non-hydrogen) atoms. The largest absolute Gasteiger partial charge is 0.481 e. The van der Waals surface area contributed by atoms with E-state index in [9.17, 15) is 9.59 Å². The van der Waals surface area contributed by atoms with E-state index in [-0.39, 0.29) is 5.91 Å². The Bertz CT molecular complexity index is 439. The van der Waals surface area contributed by atoms with E-state index in [1.807, 2.05) is 0 Å². The van der Waals surface area contributed by atoms with Crippen LogP contribution in [0, 0.1) is 0 Å². The zero-order valence-electron chi connectivity index (χ0n) is 8.91. The molecule has 0 bridgehead atoms. The summed E-state index contributed by atoms with van der Waals surface area (Å²) in [5.41, 5.74) is 1.45. The van der Waals surface area contributed by atoms with Crippen molar-refractivity contribution in [3.8, 4) is 0 Å². The van der Waals surface area contributed by atoms with E-state index in [0.29, 0.717) is 17.9 Å². The second-order valence-corrected chi connectivity index (χ2v) is 3.93. The van der Waals surface area contributed by atoms with Gasteiger partial charge in [-0.25, -0.2) is 0 Å². The Morgan fingerprint density at radius 1 is 1.56 bits per heavy atom. The number of carboxylic acids is 1. The van der Waals surface area contributed by atoms with Crippen LogP contribution in [0.15, 0.2) is 0 Å². The normalized spacial score (nSPS) is 18.9. The molecule has 1 unspecified atom stereocenters. The van der Waals surface area contributed by atoms with Crippen LogP contribution < -0.4 is 5.32 Å². The summed E-state index contributed by atoms with van der Waals surface area (Å²) in [6, 6.07) is 0. The molecule has 2 rings (SSSR count). The molecule has 0 spiro atoms. The Kier molecular flexibility index (Phi) is 2.64. The van der Waals surface area contributed by atoms with Crippen molar-refractivity contribution in [2.45, 2.75) is 32.1 Å². The number of nitrogens with zero attached hydrogens (tertiary/aromatic N) is 1. The molecule has 1 aliphatic carbocycles. The Balaban J connectivity index is 2.34. The highest BCUT2D eigenvalue weighted by Gasteiger charge is 2.30. The summed E-state index contributed by atoms with van der Waals surface area (Å²) in [7, 11) is 0. The van der Waals surface area contributed by atoms with Crippen molar-refractivity contribution in [2.24, 2.45) is 0 Å². The number of carboxylic acid groups (broad SMARTS) is 1. The molecule has 1 aliphatic rings. The van der Waals surface area contributed by atoms with Crippen molar-refractivity contribution in [2.75, 3.05) is 5.32 Å². The number of rotatable bonds is 2. The Labute approximate surface area is 92.0 Å². The molecule has 86 valence electrons. The van der Waals surface area contributed by atoms with Crippen LogP contribution in [0.2, 0.25) is 0 Å². The van der Waals surface area contributed by atoms with E-state index in [1.165, 1.54) is 6.92 Å². The number of carbonyl (C=O) groups excluding carboxylic acids is 1. The van der Waals surface area contributed by atoms with E-state index in [2.05, 4.69) is 15.5 Å². The van der Waals surface area contributed by atoms with Crippen molar-refractivity contribution >= 4 is 17.7 Å². The number of amides is 1. The number of anilines is 1. The number of H-pyrrole nitrogens is 1. The number of aromatic amines is 1. The minimum absolute atomic E-state index is 0.202. The van der Waals surface area contributed by atoms with Gasteiger partial charge in [0.2, 0.25) is 5.91 Å². The fourth-order valence-electron chi connectivity index (χ4n) is 2.06. The lowest BCUT2D eigenvalue weighted by atomic mass is 9.87. The first-order valence-electron chi connectivity index (χ1n) is 5.17. The number of hydrogen-bond acceptors (Lipinski definition) is 3. The molecule has 3 N–H and O–H groups in total. The number of aromatic nitrogens is 2. The maximum absolute atomic E-state index is 11.0. The van der Waals surface area contributed by atoms with E-state index in [1.54, 1.807) is 0 Å². The van der Waals surface area contributed by atoms with Crippen LogP contribution in [0.3, 0.4) is 0 Å². The average molecular weight is 223 g/mol. The minimum atomic E-state index is -0.848. The van der Waals surface area contributed by atoms with Crippen LogP contribution in [-0.2, 0) is 16.0 Å². The van der Waals surface area contributed by atoms with Gasteiger partial charge >= 0.3 is 5.97 Å². The lowest BCUT2D eigenvalue weighted by Gasteiger charge is -2.18. The van der Waals surface area contributed by atoms with Gasteiger partial charge < -0.3 is 10.4 Å². The quantitative estimate of drug-likeness (QED) is 0.693. The van der Waals surface area contributed by atoms with Gasteiger partial charge in [-0.05, 0) is 19.3 Å². The maximum atomic E-state index is 11.0. The van der Waals surface area contributed by atoms with Gasteiger partial charge in [-0.15, -0.1) is 0 Å². The molecule has 0 saturated heterocycles. The second kappa shape index (κ2) is 3.96. The highest BCUT2D eigenvalue weighted by Crippen LogP contribution is 2.33. The lowest BCUT2D eigenvalue weighted by Crippen LogP contribution is -2.18. The van der Waals surface area contributed by atoms with E-state index in [4.69, 9.17) is 5.11 Å². The van der Waals surface area contributed by atoms with Crippen LogP contribution in [0.5, 0.6) is 0 Å². The third-order valence-corrected chi connectivity index (χ3v) is 2.76. The highest BCUT2D eigenvalue weighted by molar-refractivity contribution is 5.89. The monoisotopic (exact) mass is 223 g/mol. The van der Waals surface area contributed by atoms with Crippen LogP contribution >= 0.6 is 0 Å². The summed E-state index contributed by atoms with van der Waals surface area (Å²) in [6.45, 7) is 1.40. The molecule has 1 heterocycles. The summed E-state index contributed by atoms with van der Waals surface area (Å²) in [6.07, 6.45) is 2.17. The van der Waals surface area contributed by atoms with Crippen LogP contribution in [0.25, 0.3) is 0 Å². The van der Waals surface area contributed by atoms with Gasteiger partial charge in [-0.2, -0.15) is 5.10 Å². The first-order valence-corrected chi connectivity index (χ1v) is 5.17. The number of carbonyl (C=O) groups is 2. The summed E-state index contributed by atoms with van der Waals surface area (Å²) in [5.74, 6) is -1.11. The fourth-order valence-corrected chi connectivity index (χ4v) is 2.06. The summed E-state index contributed by atoms with van der Waals surface area (Å²) in [4.78, 5) is 21.9. The van der Waals surface area contributed by atoms with Crippen LogP contribution in [0.1, 0.15) is 36.9 Å². The maximum Gasteiger partial charge on any atom is 0.312 e. The van der Waals surface area contributed by atoms with Crippen molar-refractivity contribution in [1.29, 1.82) is 0 Å². The highest BCUT2D eigenvalue weighted by atomic mass is 16.4. The van der Waals surface area contributed by atoms with Gasteiger partial charge in [0, 0.05) is 12.5 Å². The topological polar surface area (TPSA) is 95.1 Å². The number of fused-ring (bicyclic) bond motifs is 1. The smallest absolute Gasteiger partial charge is 0.312 e. The van der Waals surface area contributed by atoms with Crippen molar-refractivity contribution in [3.05, 3.63) is 11.3 Å². The van der Waals surface area contributed by atoms with Gasteiger partial charge in [-0.3, -0.25) is 14.7 Å². The molecule has 0 fully saturated rings. The third kappa shape index (κ3) is 1.78. The van der Waals surface area contributed by atoms with Gasteiger partial charge in [0.15, 0.2) is 5.82 Å². The molecule has 0 saturated carbocycles. The van der Waals surface area contributed by atoms with Crippen LogP contribution in [0.4, 0.5) is 5.82 Å². The SMILES string of the molecule is CC(=O)Nc1n[nH]c2c1CCCC2C(=O)O. The predicted octanol–water partition coefficient (Wildman–Crippen LogP) is 0.873. The number of hydrogen-bond donors (Lipinski definition) is 3. The molecule has 1 atom stereocenters. The summed E-state index contributed by atoms with van der Waals surface area (Å²) >= 11 is 0. The fraction of sp³-hybridized carbons (Fsp3) is 0.500.